The summed E-state index contributed by atoms with van der Waals surface area (Å²) in [4.78, 5) is 24.8. The molecule has 1 fully saturated rings. The minimum atomic E-state index is -0.0750. The first kappa shape index (κ1) is 16.3. The fraction of sp³-hybridized carbons (Fsp3) is 0.471. The van der Waals surface area contributed by atoms with Crippen molar-refractivity contribution in [3.05, 3.63) is 35.5 Å². The predicted molar refractivity (Wildman–Crippen MR) is 89.5 cm³/mol. The fourth-order valence-electron chi connectivity index (χ4n) is 2.80. The van der Waals surface area contributed by atoms with Gasteiger partial charge in [0.15, 0.2) is 5.82 Å². The molecule has 1 saturated heterocycles. The van der Waals surface area contributed by atoms with E-state index in [0.29, 0.717) is 30.3 Å². The summed E-state index contributed by atoms with van der Waals surface area (Å²) in [6.45, 7) is 4.85. The predicted octanol–water partition coefficient (Wildman–Crippen LogP) is 2.05. The monoisotopic (exact) mass is 330 g/mol. The number of ether oxygens (including phenoxy) is 1. The smallest absolute Gasteiger partial charge is 0.257 e. The zero-order chi connectivity index (χ0) is 17.3. The Kier molecular flexibility index (Phi) is 4.42. The van der Waals surface area contributed by atoms with Gasteiger partial charge < -0.3 is 19.0 Å². The van der Waals surface area contributed by atoms with E-state index < -0.39 is 0 Å². The van der Waals surface area contributed by atoms with Crippen LogP contribution in [0.2, 0.25) is 0 Å². The number of hydrogen-bond donors (Lipinski definition) is 0. The first-order valence-corrected chi connectivity index (χ1v) is 7.96. The number of amides is 1. The number of anilines is 1. The Morgan fingerprint density at radius 3 is 2.83 bits per heavy atom. The number of aromatic nitrogens is 2. The number of furan rings is 1. The number of rotatable bonds is 4. The number of hydrogen-bond acceptors (Lipinski definition) is 6. The molecular formula is C17H22N4O3. The van der Waals surface area contributed by atoms with Gasteiger partial charge in [0, 0.05) is 27.1 Å². The van der Waals surface area contributed by atoms with Crippen LogP contribution in [0.15, 0.2) is 22.9 Å². The quantitative estimate of drug-likeness (QED) is 0.854. The maximum absolute atomic E-state index is 12.6. The van der Waals surface area contributed by atoms with E-state index in [9.17, 15) is 4.79 Å². The summed E-state index contributed by atoms with van der Waals surface area (Å²) in [6.07, 6.45) is 3.98. The highest BCUT2D eigenvalue weighted by molar-refractivity contribution is 5.95. The largest absolute Gasteiger partial charge is 0.471 e. The molecule has 0 N–H and O–H groups in total. The third kappa shape index (κ3) is 3.34. The van der Waals surface area contributed by atoms with Gasteiger partial charge in [0.2, 0.25) is 5.88 Å². The van der Waals surface area contributed by atoms with E-state index in [0.717, 1.165) is 18.0 Å². The summed E-state index contributed by atoms with van der Waals surface area (Å²) >= 11 is 0. The van der Waals surface area contributed by atoms with Crippen LogP contribution in [0.25, 0.3) is 0 Å². The lowest BCUT2D eigenvalue weighted by Gasteiger charge is -2.17. The molecule has 128 valence electrons. The van der Waals surface area contributed by atoms with Crippen LogP contribution in [-0.2, 0) is 0 Å². The van der Waals surface area contributed by atoms with Crippen LogP contribution in [0.3, 0.4) is 0 Å². The van der Waals surface area contributed by atoms with Gasteiger partial charge in [-0.05, 0) is 19.9 Å². The molecule has 3 heterocycles. The number of aryl methyl sites for hydroxylation is 2. The number of nitrogens with zero attached hydrogens (tertiary/aromatic N) is 4. The average molecular weight is 330 g/mol. The summed E-state index contributed by atoms with van der Waals surface area (Å²) in [5, 5.41) is 0. The molecule has 1 aliphatic rings. The zero-order valence-electron chi connectivity index (χ0n) is 14.4. The molecule has 24 heavy (non-hydrogen) atoms. The van der Waals surface area contributed by atoms with Gasteiger partial charge in [0.1, 0.15) is 17.6 Å². The molecule has 0 saturated carbocycles. The molecule has 0 unspecified atom stereocenters. The minimum Gasteiger partial charge on any atom is -0.471 e. The molecule has 3 rings (SSSR count). The molecule has 0 spiro atoms. The van der Waals surface area contributed by atoms with Gasteiger partial charge in [-0.3, -0.25) is 9.78 Å². The Bertz CT molecular complexity index is 741. The molecule has 0 aromatic carbocycles. The van der Waals surface area contributed by atoms with Crippen molar-refractivity contribution in [1.29, 1.82) is 0 Å². The first-order valence-electron chi connectivity index (χ1n) is 7.96. The summed E-state index contributed by atoms with van der Waals surface area (Å²) in [7, 11) is 3.80. The Balaban J connectivity index is 1.64. The lowest BCUT2D eigenvalue weighted by atomic mass is 10.2. The van der Waals surface area contributed by atoms with Gasteiger partial charge in [-0.25, -0.2) is 0 Å². The normalized spacial score (nSPS) is 17.2. The van der Waals surface area contributed by atoms with E-state index in [1.807, 2.05) is 32.8 Å². The van der Waals surface area contributed by atoms with Gasteiger partial charge in [-0.2, -0.15) is 4.98 Å². The first-order chi connectivity index (χ1) is 11.4. The second-order valence-corrected chi connectivity index (χ2v) is 6.22. The summed E-state index contributed by atoms with van der Waals surface area (Å²) in [5.41, 5.74) is 0.627. The van der Waals surface area contributed by atoms with Gasteiger partial charge in [0.05, 0.1) is 24.5 Å². The van der Waals surface area contributed by atoms with Gasteiger partial charge in [-0.15, -0.1) is 0 Å². The van der Waals surface area contributed by atoms with Crippen LogP contribution in [0.4, 0.5) is 5.82 Å². The van der Waals surface area contributed by atoms with E-state index in [4.69, 9.17) is 9.15 Å². The second kappa shape index (κ2) is 6.51. The lowest BCUT2D eigenvalue weighted by Crippen LogP contribution is -2.31. The molecule has 0 bridgehead atoms. The van der Waals surface area contributed by atoms with E-state index in [1.54, 1.807) is 23.4 Å². The summed E-state index contributed by atoms with van der Waals surface area (Å²) in [5.74, 6) is 2.62. The van der Waals surface area contributed by atoms with Gasteiger partial charge in [0.25, 0.3) is 5.91 Å². The molecule has 1 atom stereocenters. The Hall–Kier alpha value is -2.57. The van der Waals surface area contributed by atoms with Crippen molar-refractivity contribution in [2.75, 3.05) is 32.1 Å². The Morgan fingerprint density at radius 2 is 2.17 bits per heavy atom. The molecule has 2 aromatic rings. The van der Waals surface area contributed by atoms with Crippen LogP contribution in [0.1, 0.15) is 28.3 Å². The van der Waals surface area contributed by atoms with E-state index in [-0.39, 0.29) is 12.0 Å². The molecular weight excluding hydrogens is 308 g/mol. The van der Waals surface area contributed by atoms with Crippen molar-refractivity contribution in [2.24, 2.45) is 0 Å². The molecule has 7 heteroatoms. The third-order valence-corrected chi connectivity index (χ3v) is 4.05. The van der Waals surface area contributed by atoms with E-state index >= 15 is 0 Å². The number of likely N-dealkylation sites (tertiary alicyclic amines) is 1. The lowest BCUT2D eigenvalue weighted by molar-refractivity contribution is 0.0769. The van der Waals surface area contributed by atoms with Crippen molar-refractivity contribution in [2.45, 2.75) is 26.4 Å². The molecule has 1 aliphatic heterocycles. The van der Waals surface area contributed by atoms with Crippen LogP contribution in [0, 0.1) is 13.8 Å². The standard InChI is InChI=1S/C17H22N4O3/c1-11-7-14(12(2)23-11)17(22)21-6-5-13(10-21)24-16-9-18-8-15(19-16)20(3)4/h7-9,13H,5-6,10H2,1-4H3/t13-/m0/s1. The van der Waals surface area contributed by atoms with E-state index in [2.05, 4.69) is 9.97 Å². The van der Waals surface area contributed by atoms with Crippen LogP contribution in [0.5, 0.6) is 5.88 Å². The second-order valence-electron chi connectivity index (χ2n) is 6.22. The molecule has 7 nitrogen and oxygen atoms in total. The van der Waals surface area contributed by atoms with Crippen molar-refractivity contribution in [3.63, 3.8) is 0 Å². The fourth-order valence-corrected chi connectivity index (χ4v) is 2.80. The topological polar surface area (TPSA) is 71.7 Å². The van der Waals surface area contributed by atoms with Crippen molar-refractivity contribution in [1.82, 2.24) is 14.9 Å². The van der Waals surface area contributed by atoms with Crippen LogP contribution in [-0.4, -0.2) is 54.1 Å². The number of carbonyl (C=O) groups is 1. The molecule has 2 aromatic heterocycles. The Morgan fingerprint density at radius 1 is 1.38 bits per heavy atom. The summed E-state index contributed by atoms with van der Waals surface area (Å²) in [6, 6.07) is 1.79. The van der Waals surface area contributed by atoms with Crippen LogP contribution < -0.4 is 9.64 Å². The maximum atomic E-state index is 12.6. The highest BCUT2D eigenvalue weighted by Gasteiger charge is 2.30. The highest BCUT2D eigenvalue weighted by atomic mass is 16.5. The SMILES string of the molecule is Cc1cc(C(=O)N2CC[C@H](Oc3cncc(N(C)C)n3)C2)c(C)o1. The zero-order valence-corrected chi connectivity index (χ0v) is 14.4. The molecule has 0 radical (unpaired) electrons. The number of carbonyl (C=O) groups excluding carboxylic acids is 1. The average Bonchev–Trinajstić information content (AvgIpc) is 3.13. The third-order valence-electron chi connectivity index (χ3n) is 4.05. The Labute approximate surface area is 141 Å². The van der Waals surface area contributed by atoms with Crippen molar-refractivity contribution < 1.29 is 13.9 Å². The summed E-state index contributed by atoms with van der Waals surface area (Å²) < 4.78 is 11.4. The highest BCUT2D eigenvalue weighted by Crippen LogP contribution is 2.22. The maximum Gasteiger partial charge on any atom is 0.257 e. The van der Waals surface area contributed by atoms with E-state index in [1.165, 1.54) is 0 Å². The van der Waals surface area contributed by atoms with Crippen molar-refractivity contribution >= 4 is 11.7 Å². The van der Waals surface area contributed by atoms with Gasteiger partial charge in [-0.1, -0.05) is 0 Å². The van der Waals surface area contributed by atoms with Gasteiger partial charge >= 0.3 is 0 Å². The minimum absolute atomic E-state index is 0.0106. The molecule has 1 amide bonds. The van der Waals surface area contributed by atoms with Crippen LogP contribution >= 0.6 is 0 Å². The molecule has 0 aliphatic carbocycles. The van der Waals surface area contributed by atoms with Crippen molar-refractivity contribution in [3.8, 4) is 5.88 Å².